The molecule has 1 saturated heterocycles. The second-order valence-electron chi connectivity index (χ2n) is 7.00. The topological polar surface area (TPSA) is 78.5 Å². The second-order valence-corrected chi connectivity index (χ2v) is 7.82. The predicted octanol–water partition coefficient (Wildman–Crippen LogP) is 3.92. The van der Waals surface area contributed by atoms with Crippen LogP contribution in [0.1, 0.15) is 41.0 Å². The van der Waals surface area contributed by atoms with Crippen LogP contribution in [0.5, 0.6) is 0 Å². The van der Waals surface area contributed by atoms with Crippen molar-refractivity contribution in [3.05, 3.63) is 33.3 Å². The van der Waals surface area contributed by atoms with E-state index < -0.39 is 6.04 Å². The molecule has 3 amide bonds. The van der Waals surface area contributed by atoms with Crippen molar-refractivity contribution < 1.29 is 14.4 Å². The summed E-state index contributed by atoms with van der Waals surface area (Å²) >= 11 is 12.5. The minimum atomic E-state index is -0.572. The second kappa shape index (κ2) is 8.31. The van der Waals surface area contributed by atoms with Gasteiger partial charge in [0.05, 0.1) is 27.8 Å². The lowest BCUT2D eigenvalue weighted by atomic mass is 10.1. The van der Waals surface area contributed by atoms with Crippen molar-refractivity contribution in [2.24, 2.45) is 0 Å². The van der Waals surface area contributed by atoms with Gasteiger partial charge in [0, 0.05) is 11.6 Å². The molecule has 6 nitrogen and oxygen atoms in total. The fraction of sp³-hybridized carbons (Fsp3) is 0.421. The van der Waals surface area contributed by atoms with Crippen molar-refractivity contribution in [1.82, 2.24) is 5.32 Å². The predicted molar refractivity (Wildman–Crippen MR) is 108 cm³/mol. The van der Waals surface area contributed by atoms with Crippen LogP contribution < -0.4 is 15.5 Å². The molecule has 0 aliphatic carbocycles. The average Bonchev–Trinajstić information content (AvgIpc) is 2.84. The van der Waals surface area contributed by atoms with Crippen LogP contribution in [0, 0.1) is 0 Å². The summed E-state index contributed by atoms with van der Waals surface area (Å²) in [5.41, 5.74) is 1.91. The van der Waals surface area contributed by atoms with Gasteiger partial charge in [0.15, 0.2) is 0 Å². The molecule has 0 saturated carbocycles. The Kier molecular flexibility index (Phi) is 6.54. The molecular formula is C19H23Cl2N3O3. The first-order valence-corrected chi connectivity index (χ1v) is 9.38. The number of allylic oxidation sites excluding steroid dienone is 1. The minimum absolute atomic E-state index is 0.000310. The van der Waals surface area contributed by atoms with Crippen LogP contribution in [0.25, 0.3) is 0 Å². The van der Waals surface area contributed by atoms with Gasteiger partial charge in [-0.25, -0.2) is 4.90 Å². The van der Waals surface area contributed by atoms with Crippen molar-refractivity contribution in [3.8, 4) is 0 Å². The van der Waals surface area contributed by atoms with Gasteiger partial charge in [-0.1, -0.05) is 28.8 Å². The van der Waals surface area contributed by atoms with Gasteiger partial charge in [-0.3, -0.25) is 14.4 Å². The van der Waals surface area contributed by atoms with Crippen LogP contribution in [0.3, 0.4) is 0 Å². The summed E-state index contributed by atoms with van der Waals surface area (Å²) in [6, 6.07) is 2.40. The van der Waals surface area contributed by atoms with Crippen LogP contribution in [0.15, 0.2) is 23.3 Å². The molecule has 0 radical (unpaired) electrons. The molecule has 1 aliphatic rings. The first-order valence-electron chi connectivity index (χ1n) is 8.62. The van der Waals surface area contributed by atoms with Crippen LogP contribution >= 0.6 is 23.2 Å². The summed E-state index contributed by atoms with van der Waals surface area (Å²) in [5, 5.41) is 6.28. The van der Waals surface area contributed by atoms with E-state index in [0.717, 1.165) is 10.5 Å². The smallest absolute Gasteiger partial charge is 0.261 e. The number of benzene rings is 1. The number of hydrogen-bond acceptors (Lipinski definition) is 4. The lowest BCUT2D eigenvalue weighted by Gasteiger charge is -2.21. The molecule has 2 rings (SSSR count). The van der Waals surface area contributed by atoms with Crippen LogP contribution in [0.4, 0.5) is 11.4 Å². The molecule has 2 N–H and O–H groups in total. The molecule has 0 bridgehead atoms. The van der Waals surface area contributed by atoms with Gasteiger partial charge in [0.2, 0.25) is 11.8 Å². The maximum atomic E-state index is 12.6. The largest absolute Gasteiger partial charge is 0.373 e. The molecule has 27 heavy (non-hydrogen) atoms. The molecule has 0 spiro atoms. The van der Waals surface area contributed by atoms with Gasteiger partial charge in [0.1, 0.15) is 6.04 Å². The zero-order valence-corrected chi connectivity index (χ0v) is 17.5. The summed E-state index contributed by atoms with van der Waals surface area (Å²) in [5.74, 6) is -0.935. The highest BCUT2D eigenvalue weighted by atomic mass is 35.5. The Balaban J connectivity index is 2.37. The summed E-state index contributed by atoms with van der Waals surface area (Å²) < 4.78 is 0. The number of anilines is 2. The lowest BCUT2D eigenvalue weighted by molar-refractivity contribution is -0.122. The summed E-state index contributed by atoms with van der Waals surface area (Å²) in [7, 11) is 0. The SMILES string of the molecule is CC(C)=C1CC(=O)N(c2cc(NC(C)C(=O)NC(C)C)c(Cl)cc2Cl)C1=O. The van der Waals surface area contributed by atoms with E-state index in [9.17, 15) is 14.4 Å². The number of nitrogens with zero attached hydrogens (tertiary/aromatic N) is 1. The standard InChI is InChI=1S/C19H23Cl2N3O3/c1-9(2)12-6-17(25)24(19(12)27)16-8-15(13(20)7-14(16)21)23-11(5)18(26)22-10(3)4/h7-8,10-11,23H,6H2,1-5H3,(H,22,26). The highest BCUT2D eigenvalue weighted by Gasteiger charge is 2.37. The molecule has 1 aliphatic heterocycles. The van der Waals surface area contributed by atoms with Gasteiger partial charge in [-0.2, -0.15) is 0 Å². The maximum Gasteiger partial charge on any atom is 0.261 e. The molecule has 0 aromatic heterocycles. The zero-order valence-electron chi connectivity index (χ0n) is 15.9. The van der Waals surface area contributed by atoms with E-state index in [-0.39, 0.29) is 45.9 Å². The van der Waals surface area contributed by atoms with Crippen molar-refractivity contribution in [2.45, 2.75) is 53.1 Å². The van der Waals surface area contributed by atoms with Gasteiger partial charge in [0.25, 0.3) is 5.91 Å². The average molecular weight is 412 g/mol. The van der Waals surface area contributed by atoms with Gasteiger partial charge in [-0.05, 0) is 46.8 Å². The molecule has 1 atom stereocenters. The number of amides is 3. The summed E-state index contributed by atoms with van der Waals surface area (Å²) in [4.78, 5) is 38.2. The number of carbonyl (C=O) groups is 3. The normalized spacial score (nSPS) is 15.4. The van der Waals surface area contributed by atoms with Crippen LogP contribution in [-0.2, 0) is 14.4 Å². The Morgan fingerprint density at radius 2 is 1.74 bits per heavy atom. The summed E-state index contributed by atoms with van der Waals surface area (Å²) in [6.07, 6.45) is 0.0378. The fourth-order valence-corrected chi connectivity index (χ4v) is 3.24. The first kappa shape index (κ1) is 21.3. The van der Waals surface area contributed by atoms with Crippen LogP contribution in [0.2, 0.25) is 10.0 Å². The van der Waals surface area contributed by atoms with E-state index in [1.807, 2.05) is 13.8 Å². The highest BCUT2D eigenvalue weighted by Crippen LogP contribution is 2.38. The van der Waals surface area contributed by atoms with Gasteiger partial charge >= 0.3 is 0 Å². The Morgan fingerprint density at radius 3 is 2.26 bits per heavy atom. The number of hydrogen-bond donors (Lipinski definition) is 2. The van der Waals surface area contributed by atoms with Crippen LogP contribution in [-0.4, -0.2) is 29.8 Å². The number of carbonyl (C=O) groups excluding carboxylic acids is 3. The molecule has 8 heteroatoms. The number of halogens is 2. The number of nitrogens with one attached hydrogen (secondary N) is 2. The fourth-order valence-electron chi connectivity index (χ4n) is 2.72. The van der Waals surface area contributed by atoms with Crippen molar-refractivity contribution >= 4 is 52.3 Å². The maximum absolute atomic E-state index is 12.6. The number of imide groups is 1. The molecule has 1 fully saturated rings. The zero-order chi connectivity index (χ0) is 20.5. The molecule has 1 heterocycles. The van der Waals surface area contributed by atoms with E-state index in [0.29, 0.717) is 11.3 Å². The Bertz CT molecular complexity index is 830. The van der Waals surface area contributed by atoms with Crippen molar-refractivity contribution in [2.75, 3.05) is 10.2 Å². The molecule has 1 unspecified atom stereocenters. The van der Waals surface area contributed by atoms with E-state index in [1.54, 1.807) is 20.8 Å². The Hall–Kier alpha value is -2.05. The third-order valence-electron chi connectivity index (χ3n) is 4.12. The van der Waals surface area contributed by atoms with Gasteiger partial charge < -0.3 is 10.6 Å². The monoisotopic (exact) mass is 411 g/mol. The molecular weight excluding hydrogens is 389 g/mol. The molecule has 1 aromatic rings. The molecule has 1 aromatic carbocycles. The quantitative estimate of drug-likeness (QED) is 0.568. The van der Waals surface area contributed by atoms with E-state index >= 15 is 0 Å². The van der Waals surface area contributed by atoms with E-state index in [1.165, 1.54) is 12.1 Å². The lowest BCUT2D eigenvalue weighted by Crippen LogP contribution is -2.41. The third-order valence-corrected chi connectivity index (χ3v) is 4.73. The van der Waals surface area contributed by atoms with Crippen molar-refractivity contribution in [1.29, 1.82) is 0 Å². The van der Waals surface area contributed by atoms with E-state index in [2.05, 4.69) is 10.6 Å². The minimum Gasteiger partial charge on any atom is -0.373 e. The van der Waals surface area contributed by atoms with Crippen molar-refractivity contribution in [3.63, 3.8) is 0 Å². The van der Waals surface area contributed by atoms with Gasteiger partial charge in [-0.15, -0.1) is 0 Å². The highest BCUT2D eigenvalue weighted by molar-refractivity contribution is 6.40. The summed E-state index contributed by atoms with van der Waals surface area (Å²) in [6.45, 7) is 8.99. The Labute approximate surface area is 168 Å². The van der Waals surface area contributed by atoms with E-state index in [4.69, 9.17) is 23.2 Å². The number of rotatable bonds is 5. The Morgan fingerprint density at radius 1 is 1.11 bits per heavy atom. The third kappa shape index (κ3) is 4.62. The first-order chi connectivity index (χ1) is 12.5. The molecule has 146 valence electrons.